The van der Waals surface area contributed by atoms with Crippen molar-refractivity contribution in [2.75, 3.05) is 0 Å². The van der Waals surface area contributed by atoms with Gasteiger partial charge in [0.25, 0.3) is 5.56 Å². The van der Waals surface area contributed by atoms with E-state index in [-0.39, 0.29) is 5.56 Å². The predicted molar refractivity (Wildman–Crippen MR) is 69.3 cm³/mol. The lowest BCUT2D eigenvalue weighted by molar-refractivity contribution is 0.720. The molecule has 0 fully saturated rings. The third-order valence-corrected chi connectivity index (χ3v) is 2.98. The molecule has 0 amide bonds. The Labute approximate surface area is 103 Å². The van der Waals surface area contributed by atoms with Crippen LogP contribution in [0.1, 0.15) is 5.69 Å². The van der Waals surface area contributed by atoms with Crippen LogP contribution < -0.4 is 5.56 Å². The lowest BCUT2D eigenvalue weighted by Crippen LogP contribution is -2.20. The number of rotatable bonds is 1. The van der Waals surface area contributed by atoms with E-state index in [1.807, 2.05) is 37.3 Å². The Bertz CT molecular complexity index is 771. The first-order chi connectivity index (χ1) is 8.68. The zero-order chi connectivity index (χ0) is 12.7. The number of benzene rings is 1. The second kappa shape index (κ2) is 3.80. The Kier molecular flexibility index (Phi) is 2.26. The van der Waals surface area contributed by atoms with Crippen LogP contribution in [0.5, 0.6) is 0 Å². The van der Waals surface area contributed by atoms with Crippen molar-refractivity contribution in [1.82, 2.24) is 20.0 Å². The molecular formula is C13H12N4O. The van der Waals surface area contributed by atoms with E-state index in [2.05, 4.69) is 15.3 Å². The molecule has 0 unspecified atom stereocenters. The van der Waals surface area contributed by atoms with Gasteiger partial charge in [-0.15, -0.1) is 0 Å². The van der Waals surface area contributed by atoms with Crippen LogP contribution in [0.15, 0.2) is 35.1 Å². The molecule has 1 N–H and O–H groups in total. The van der Waals surface area contributed by atoms with Gasteiger partial charge in [0.15, 0.2) is 5.52 Å². The molecule has 2 heterocycles. The molecule has 0 bridgehead atoms. The van der Waals surface area contributed by atoms with Gasteiger partial charge in [-0.1, -0.05) is 30.3 Å². The molecule has 5 nitrogen and oxygen atoms in total. The zero-order valence-corrected chi connectivity index (χ0v) is 10.1. The summed E-state index contributed by atoms with van der Waals surface area (Å²) in [5, 5.41) is 12.1. The van der Waals surface area contributed by atoms with E-state index in [1.54, 1.807) is 7.05 Å². The molecule has 0 saturated heterocycles. The molecule has 0 aliphatic heterocycles. The van der Waals surface area contributed by atoms with Crippen molar-refractivity contribution in [3.8, 4) is 11.3 Å². The summed E-state index contributed by atoms with van der Waals surface area (Å²) < 4.78 is 1.32. The van der Waals surface area contributed by atoms with Crippen molar-refractivity contribution in [2.24, 2.45) is 7.05 Å². The molecule has 0 radical (unpaired) electrons. The van der Waals surface area contributed by atoms with Gasteiger partial charge in [-0.25, -0.2) is 4.68 Å². The molecular weight excluding hydrogens is 228 g/mol. The van der Waals surface area contributed by atoms with Crippen LogP contribution in [0.25, 0.3) is 22.2 Å². The van der Waals surface area contributed by atoms with Crippen LogP contribution in [0.4, 0.5) is 0 Å². The Balaban J connectivity index is 2.46. The highest BCUT2D eigenvalue weighted by Crippen LogP contribution is 2.25. The summed E-state index contributed by atoms with van der Waals surface area (Å²) in [4.78, 5) is 11.9. The van der Waals surface area contributed by atoms with Crippen molar-refractivity contribution >= 4 is 10.9 Å². The largest absolute Gasteiger partial charge is 0.294 e. The minimum Gasteiger partial charge on any atom is -0.281 e. The van der Waals surface area contributed by atoms with E-state index in [1.165, 1.54) is 4.68 Å². The SMILES string of the molecule is Cc1[nH]nc2c(=O)n(C)nc(-c3ccccc3)c12. The van der Waals surface area contributed by atoms with E-state index in [0.717, 1.165) is 22.3 Å². The number of hydrogen-bond acceptors (Lipinski definition) is 3. The highest BCUT2D eigenvalue weighted by atomic mass is 16.1. The number of aryl methyl sites for hydroxylation is 2. The Hall–Kier alpha value is -2.43. The van der Waals surface area contributed by atoms with E-state index < -0.39 is 0 Å². The monoisotopic (exact) mass is 240 g/mol. The molecule has 3 aromatic rings. The maximum absolute atomic E-state index is 11.9. The topological polar surface area (TPSA) is 63.6 Å². The molecule has 0 aliphatic carbocycles. The number of aromatic amines is 1. The van der Waals surface area contributed by atoms with Crippen LogP contribution in [0.3, 0.4) is 0 Å². The number of aromatic nitrogens is 4. The van der Waals surface area contributed by atoms with E-state index >= 15 is 0 Å². The van der Waals surface area contributed by atoms with Gasteiger partial charge in [0.2, 0.25) is 0 Å². The third kappa shape index (κ3) is 1.44. The van der Waals surface area contributed by atoms with Gasteiger partial charge < -0.3 is 0 Å². The van der Waals surface area contributed by atoms with Crippen molar-refractivity contribution in [2.45, 2.75) is 6.92 Å². The summed E-state index contributed by atoms with van der Waals surface area (Å²) >= 11 is 0. The lowest BCUT2D eigenvalue weighted by Gasteiger charge is -2.05. The number of hydrogen-bond donors (Lipinski definition) is 1. The third-order valence-electron chi connectivity index (χ3n) is 2.98. The first-order valence-electron chi connectivity index (χ1n) is 5.66. The molecule has 3 rings (SSSR count). The minimum atomic E-state index is -0.186. The molecule has 0 atom stereocenters. The van der Waals surface area contributed by atoms with Crippen molar-refractivity contribution in [3.05, 3.63) is 46.4 Å². The maximum atomic E-state index is 11.9. The quantitative estimate of drug-likeness (QED) is 0.703. The van der Waals surface area contributed by atoms with Crippen LogP contribution in [0, 0.1) is 6.92 Å². The standard InChI is InChI=1S/C13H12N4O/c1-8-10-11(9-6-4-3-5-7-9)16-17(2)13(18)12(10)15-14-8/h3-7H,1-2H3,(H,14,15). The number of fused-ring (bicyclic) bond motifs is 1. The molecule has 2 aromatic heterocycles. The Morgan fingerprint density at radius 1 is 1.22 bits per heavy atom. The fourth-order valence-corrected chi connectivity index (χ4v) is 2.07. The summed E-state index contributed by atoms with van der Waals surface area (Å²) in [5.41, 5.74) is 2.86. The smallest absolute Gasteiger partial charge is 0.281 e. The average Bonchev–Trinajstić information content (AvgIpc) is 2.77. The van der Waals surface area contributed by atoms with Crippen LogP contribution in [-0.4, -0.2) is 20.0 Å². The normalized spacial score (nSPS) is 11.0. The summed E-state index contributed by atoms with van der Waals surface area (Å²) in [6.45, 7) is 1.89. The number of nitrogens with zero attached hydrogens (tertiary/aromatic N) is 3. The summed E-state index contributed by atoms with van der Waals surface area (Å²) in [5.74, 6) is 0. The minimum absolute atomic E-state index is 0.186. The van der Waals surface area contributed by atoms with Crippen LogP contribution in [0.2, 0.25) is 0 Å². The average molecular weight is 240 g/mol. The molecule has 18 heavy (non-hydrogen) atoms. The first kappa shape index (κ1) is 10.7. The lowest BCUT2D eigenvalue weighted by atomic mass is 10.1. The highest BCUT2D eigenvalue weighted by molar-refractivity contribution is 5.93. The van der Waals surface area contributed by atoms with Gasteiger partial charge in [0.05, 0.1) is 5.39 Å². The molecule has 1 aromatic carbocycles. The fourth-order valence-electron chi connectivity index (χ4n) is 2.07. The molecule has 0 spiro atoms. The highest BCUT2D eigenvalue weighted by Gasteiger charge is 2.15. The summed E-state index contributed by atoms with van der Waals surface area (Å²) in [7, 11) is 1.64. The Morgan fingerprint density at radius 2 is 1.94 bits per heavy atom. The maximum Gasteiger partial charge on any atom is 0.294 e. The van der Waals surface area contributed by atoms with Gasteiger partial charge in [-0.3, -0.25) is 9.89 Å². The fraction of sp³-hybridized carbons (Fsp3) is 0.154. The second-order valence-corrected chi connectivity index (χ2v) is 4.22. The van der Waals surface area contributed by atoms with Crippen LogP contribution >= 0.6 is 0 Å². The van der Waals surface area contributed by atoms with Gasteiger partial charge in [0, 0.05) is 18.3 Å². The van der Waals surface area contributed by atoms with Gasteiger partial charge >= 0.3 is 0 Å². The Morgan fingerprint density at radius 3 is 2.67 bits per heavy atom. The van der Waals surface area contributed by atoms with Gasteiger partial charge in [-0.2, -0.15) is 10.2 Å². The predicted octanol–water partition coefficient (Wildman–Crippen LogP) is 1.63. The number of nitrogens with one attached hydrogen (secondary N) is 1. The van der Waals surface area contributed by atoms with Gasteiger partial charge in [0.1, 0.15) is 5.69 Å². The molecule has 90 valence electrons. The first-order valence-corrected chi connectivity index (χ1v) is 5.66. The van der Waals surface area contributed by atoms with E-state index in [4.69, 9.17) is 0 Å². The summed E-state index contributed by atoms with van der Waals surface area (Å²) in [6, 6.07) is 9.79. The van der Waals surface area contributed by atoms with Crippen molar-refractivity contribution < 1.29 is 0 Å². The molecule has 5 heteroatoms. The van der Waals surface area contributed by atoms with Crippen LogP contribution in [-0.2, 0) is 7.05 Å². The second-order valence-electron chi connectivity index (χ2n) is 4.22. The number of H-pyrrole nitrogens is 1. The summed E-state index contributed by atoms with van der Waals surface area (Å²) in [6.07, 6.45) is 0. The molecule has 0 saturated carbocycles. The zero-order valence-electron chi connectivity index (χ0n) is 10.1. The van der Waals surface area contributed by atoms with Crippen molar-refractivity contribution in [3.63, 3.8) is 0 Å². The van der Waals surface area contributed by atoms with Crippen molar-refractivity contribution in [1.29, 1.82) is 0 Å². The van der Waals surface area contributed by atoms with Gasteiger partial charge in [-0.05, 0) is 6.92 Å². The van der Waals surface area contributed by atoms with E-state index in [0.29, 0.717) is 5.52 Å². The van der Waals surface area contributed by atoms with E-state index in [9.17, 15) is 4.79 Å². The molecule has 0 aliphatic rings.